The first-order valence-corrected chi connectivity index (χ1v) is 4.41. The molecule has 0 radical (unpaired) electrons. The van der Waals surface area contributed by atoms with Crippen molar-refractivity contribution in [1.82, 2.24) is 9.78 Å². The molecule has 1 aromatic rings. The van der Waals surface area contributed by atoms with E-state index in [0.29, 0.717) is 0 Å². The van der Waals surface area contributed by atoms with Gasteiger partial charge in [0, 0.05) is 19.2 Å². The van der Waals surface area contributed by atoms with Gasteiger partial charge in [0.05, 0.1) is 11.6 Å². The maximum atomic E-state index is 10.7. The number of hydrogen-bond acceptors (Lipinski definition) is 2. The Labute approximate surface area is 76.2 Å². The molecular weight excluding hydrogens is 168 g/mol. The molecule has 0 aromatic carbocycles. The summed E-state index contributed by atoms with van der Waals surface area (Å²) in [5.41, 5.74) is 0.918. The molecule has 1 aliphatic rings. The molecule has 4 heteroatoms. The van der Waals surface area contributed by atoms with Crippen molar-refractivity contribution < 1.29 is 9.90 Å². The van der Waals surface area contributed by atoms with Crippen molar-refractivity contribution >= 4 is 5.97 Å². The van der Waals surface area contributed by atoms with Crippen LogP contribution in [0.1, 0.15) is 24.5 Å². The van der Waals surface area contributed by atoms with Crippen molar-refractivity contribution in [3.63, 3.8) is 0 Å². The summed E-state index contributed by atoms with van der Waals surface area (Å²) >= 11 is 0. The highest BCUT2D eigenvalue weighted by molar-refractivity contribution is 5.72. The van der Waals surface area contributed by atoms with Crippen molar-refractivity contribution in [1.29, 1.82) is 0 Å². The molecule has 1 saturated carbocycles. The predicted octanol–water partition coefficient (Wildman–Crippen LogP) is 0.998. The first-order chi connectivity index (χ1) is 6.18. The van der Waals surface area contributed by atoms with E-state index in [9.17, 15) is 4.79 Å². The number of carbonyl (C=O) groups is 1. The Kier molecular flexibility index (Phi) is 1.83. The summed E-state index contributed by atoms with van der Waals surface area (Å²) in [7, 11) is 1.85. The second-order valence-corrected chi connectivity index (χ2v) is 3.54. The standard InChI is InChI=1S/C9H12N2O2/c1-11-5-4-8(10-11)6-2-3-7(6)9(12)13/h4-7H,2-3H2,1H3,(H,12,13). The minimum Gasteiger partial charge on any atom is -0.481 e. The Balaban J connectivity index is 2.14. The third-order valence-electron chi connectivity index (χ3n) is 2.71. The van der Waals surface area contributed by atoms with Crippen LogP contribution in [0.25, 0.3) is 0 Å². The molecule has 0 spiro atoms. The summed E-state index contributed by atoms with van der Waals surface area (Å²) in [5.74, 6) is -0.768. The molecular formula is C9H12N2O2. The van der Waals surface area contributed by atoms with Gasteiger partial charge in [-0.2, -0.15) is 5.10 Å². The van der Waals surface area contributed by atoms with E-state index < -0.39 is 5.97 Å². The SMILES string of the molecule is Cn1ccc(C2CCC2C(=O)O)n1. The quantitative estimate of drug-likeness (QED) is 0.738. The van der Waals surface area contributed by atoms with Gasteiger partial charge in [0.2, 0.25) is 0 Å². The van der Waals surface area contributed by atoms with Crippen LogP contribution in [0.3, 0.4) is 0 Å². The van der Waals surface area contributed by atoms with Crippen LogP contribution in [0.2, 0.25) is 0 Å². The summed E-state index contributed by atoms with van der Waals surface area (Å²) < 4.78 is 1.71. The minimum absolute atomic E-state index is 0.138. The number of aliphatic carboxylic acids is 1. The van der Waals surface area contributed by atoms with E-state index in [-0.39, 0.29) is 11.8 Å². The van der Waals surface area contributed by atoms with Crippen molar-refractivity contribution in [2.45, 2.75) is 18.8 Å². The lowest BCUT2D eigenvalue weighted by Crippen LogP contribution is -2.31. The maximum absolute atomic E-state index is 10.7. The minimum atomic E-state index is -0.693. The summed E-state index contributed by atoms with van der Waals surface area (Å²) in [6.45, 7) is 0. The zero-order valence-electron chi connectivity index (χ0n) is 7.47. The lowest BCUT2D eigenvalue weighted by molar-refractivity contribution is -0.145. The molecule has 2 atom stereocenters. The van der Waals surface area contributed by atoms with Gasteiger partial charge in [-0.3, -0.25) is 9.48 Å². The van der Waals surface area contributed by atoms with Crippen LogP contribution in [-0.2, 0) is 11.8 Å². The van der Waals surface area contributed by atoms with Crippen molar-refractivity contribution in [2.75, 3.05) is 0 Å². The average molecular weight is 180 g/mol. The van der Waals surface area contributed by atoms with Crippen LogP contribution in [0, 0.1) is 5.92 Å². The molecule has 0 bridgehead atoms. The van der Waals surface area contributed by atoms with Gasteiger partial charge in [-0.1, -0.05) is 0 Å². The number of aryl methyl sites for hydroxylation is 1. The van der Waals surface area contributed by atoms with E-state index in [1.54, 1.807) is 4.68 Å². The number of rotatable bonds is 2. The van der Waals surface area contributed by atoms with Gasteiger partial charge in [-0.25, -0.2) is 0 Å². The summed E-state index contributed by atoms with van der Waals surface area (Å²) in [6, 6.07) is 1.90. The van der Waals surface area contributed by atoms with Crippen LogP contribution < -0.4 is 0 Å². The predicted molar refractivity (Wildman–Crippen MR) is 46.3 cm³/mol. The average Bonchev–Trinajstić information content (AvgIpc) is 2.32. The van der Waals surface area contributed by atoms with Crippen LogP contribution in [0.15, 0.2) is 12.3 Å². The number of hydrogen-bond donors (Lipinski definition) is 1. The molecule has 0 saturated heterocycles. The van der Waals surface area contributed by atoms with Crippen molar-refractivity contribution in [3.8, 4) is 0 Å². The molecule has 70 valence electrons. The highest BCUT2D eigenvalue weighted by Gasteiger charge is 2.38. The fourth-order valence-electron chi connectivity index (χ4n) is 1.78. The zero-order valence-corrected chi connectivity index (χ0v) is 7.47. The highest BCUT2D eigenvalue weighted by atomic mass is 16.4. The topological polar surface area (TPSA) is 55.1 Å². The molecule has 0 aliphatic heterocycles. The molecule has 0 amide bonds. The molecule has 4 nitrogen and oxygen atoms in total. The van der Waals surface area contributed by atoms with E-state index in [1.807, 2.05) is 19.3 Å². The van der Waals surface area contributed by atoms with Gasteiger partial charge in [0.1, 0.15) is 0 Å². The van der Waals surface area contributed by atoms with E-state index in [2.05, 4.69) is 5.10 Å². The molecule has 1 N–H and O–H groups in total. The maximum Gasteiger partial charge on any atom is 0.307 e. The molecule has 1 aromatic heterocycles. The normalized spacial score (nSPS) is 26.8. The monoisotopic (exact) mass is 180 g/mol. The second-order valence-electron chi connectivity index (χ2n) is 3.54. The zero-order chi connectivity index (χ0) is 9.42. The van der Waals surface area contributed by atoms with Gasteiger partial charge in [0.15, 0.2) is 0 Å². The van der Waals surface area contributed by atoms with E-state index in [4.69, 9.17) is 5.11 Å². The molecule has 2 rings (SSSR count). The van der Waals surface area contributed by atoms with Crippen molar-refractivity contribution in [3.05, 3.63) is 18.0 Å². The summed E-state index contributed by atoms with van der Waals surface area (Å²) in [4.78, 5) is 10.7. The highest BCUT2D eigenvalue weighted by Crippen LogP contribution is 2.41. The number of aromatic nitrogens is 2. The molecule has 1 heterocycles. The smallest absolute Gasteiger partial charge is 0.307 e. The fourth-order valence-corrected chi connectivity index (χ4v) is 1.78. The number of carboxylic acid groups (broad SMARTS) is 1. The lowest BCUT2D eigenvalue weighted by Gasteiger charge is -2.31. The van der Waals surface area contributed by atoms with Crippen LogP contribution in [0.4, 0.5) is 0 Å². The van der Waals surface area contributed by atoms with Gasteiger partial charge >= 0.3 is 5.97 Å². The van der Waals surface area contributed by atoms with Gasteiger partial charge in [0.25, 0.3) is 0 Å². The Morgan fingerprint density at radius 3 is 2.85 bits per heavy atom. The molecule has 2 unspecified atom stereocenters. The Bertz CT molecular complexity index is 332. The Morgan fingerprint density at radius 1 is 1.69 bits per heavy atom. The molecule has 1 aliphatic carbocycles. The molecule has 13 heavy (non-hydrogen) atoms. The number of carboxylic acids is 1. The van der Waals surface area contributed by atoms with Gasteiger partial charge < -0.3 is 5.11 Å². The van der Waals surface area contributed by atoms with Gasteiger partial charge in [-0.05, 0) is 18.9 Å². The van der Waals surface area contributed by atoms with Crippen LogP contribution in [-0.4, -0.2) is 20.9 Å². The lowest BCUT2D eigenvalue weighted by atomic mass is 9.72. The van der Waals surface area contributed by atoms with E-state index in [1.165, 1.54) is 0 Å². The Morgan fingerprint density at radius 2 is 2.46 bits per heavy atom. The van der Waals surface area contributed by atoms with E-state index >= 15 is 0 Å². The first kappa shape index (κ1) is 8.29. The van der Waals surface area contributed by atoms with Gasteiger partial charge in [-0.15, -0.1) is 0 Å². The summed E-state index contributed by atoms with van der Waals surface area (Å²) in [5, 5.41) is 13.1. The largest absolute Gasteiger partial charge is 0.481 e. The van der Waals surface area contributed by atoms with Crippen LogP contribution >= 0.6 is 0 Å². The Hall–Kier alpha value is -1.32. The van der Waals surface area contributed by atoms with E-state index in [0.717, 1.165) is 18.5 Å². The third kappa shape index (κ3) is 1.32. The molecule has 1 fully saturated rings. The van der Waals surface area contributed by atoms with Crippen LogP contribution in [0.5, 0.6) is 0 Å². The first-order valence-electron chi connectivity index (χ1n) is 4.41. The number of nitrogens with zero attached hydrogens (tertiary/aromatic N) is 2. The van der Waals surface area contributed by atoms with Crippen molar-refractivity contribution in [2.24, 2.45) is 13.0 Å². The summed E-state index contributed by atoms with van der Waals surface area (Å²) in [6.07, 6.45) is 3.59. The third-order valence-corrected chi connectivity index (χ3v) is 2.71. The second kappa shape index (κ2) is 2.87. The fraction of sp³-hybridized carbons (Fsp3) is 0.556.